The number of nitrogens with zero attached hydrogens (tertiary/aromatic N) is 4. The standard InChI is InChI=1S/C10H13N5O5.H2O/c11-7-4-8(14-10(19)13-7)15(2-12-4)9-6(18)5(17)3(1-16)20-9;/h2-6,9,16-18H,1H2,(H2,11,13,19);1H2/t3-,4?,5-,6-,9-;/m1./s1. The van der Waals surface area contributed by atoms with Gasteiger partial charge in [0.05, 0.1) is 12.9 Å². The molecule has 0 bridgehead atoms. The maximum Gasteiger partial charge on any atom is 0.370 e. The van der Waals surface area contributed by atoms with Gasteiger partial charge in [-0.2, -0.15) is 9.98 Å². The molecule has 116 valence electrons. The Morgan fingerprint density at radius 3 is 2.67 bits per heavy atom. The molecule has 7 N–H and O–H groups in total. The van der Waals surface area contributed by atoms with Gasteiger partial charge in [0, 0.05) is 0 Å². The first-order chi connectivity index (χ1) is 9.52. The number of aliphatic imine (C=N–C) groups is 3. The topological polar surface area (TPSA) is 185 Å². The van der Waals surface area contributed by atoms with Crippen molar-refractivity contribution in [2.24, 2.45) is 20.7 Å². The van der Waals surface area contributed by atoms with Gasteiger partial charge in [0.2, 0.25) is 0 Å². The van der Waals surface area contributed by atoms with Gasteiger partial charge < -0.3 is 31.3 Å². The second-order valence-electron chi connectivity index (χ2n) is 4.59. The van der Waals surface area contributed by atoms with E-state index in [2.05, 4.69) is 15.0 Å². The van der Waals surface area contributed by atoms with Gasteiger partial charge in [-0.15, -0.1) is 0 Å². The summed E-state index contributed by atoms with van der Waals surface area (Å²) in [5.74, 6) is 0.183. The van der Waals surface area contributed by atoms with E-state index in [1.165, 1.54) is 11.2 Å². The smallest absolute Gasteiger partial charge is 0.370 e. The minimum absolute atomic E-state index is 0. The number of amidine groups is 2. The molecule has 1 fully saturated rings. The Labute approximate surface area is 118 Å². The normalized spacial score (nSPS) is 38.0. The fourth-order valence-corrected chi connectivity index (χ4v) is 2.33. The van der Waals surface area contributed by atoms with Crippen molar-refractivity contribution in [3.8, 4) is 0 Å². The molecule has 0 saturated carbocycles. The molecule has 11 heteroatoms. The molecule has 0 aromatic heterocycles. The van der Waals surface area contributed by atoms with Gasteiger partial charge >= 0.3 is 6.03 Å². The molecule has 0 spiro atoms. The number of carbonyl (C=O) groups excluding carboxylic acids is 1. The molecule has 0 aromatic rings. The first kappa shape index (κ1) is 15.5. The molecule has 21 heavy (non-hydrogen) atoms. The van der Waals surface area contributed by atoms with Crippen molar-refractivity contribution < 1.29 is 30.3 Å². The second-order valence-corrected chi connectivity index (χ2v) is 4.59. The largest absolute Gasteiger partial charge is 0.412 e. The number of nitrogens with two attached hydrogens (primary N) is 1. The molecule has 11 nitrogen and oxygen atoms in total. The molecule has 1 saturated heterocycles. The van der Waals surface area contributed by atoms with Crippen molar-refractivity contribution in [3.05, 3.63) is 0 Å². The Morgan fingerprint density at radius 1 is 1.33 bits per heavy atom. The van der Waals surface area contributed by atoms with E-state index in [1.807, 2.05) is 0 Å². The minimum atomic E-state index is -1.28. The van der Waals surface area contributed by atoms with E-state index < -0.39 is 43.2 Å². The zero-order chi connectivity index (χ0) is 14.4. The predicted octanol–water partition coefficient (Wildman–Crippen LogP) is -3.80. The van der Waals surface area contributed by atoms with Gasteiger partial charge in [0.1, 0.15) is 24.1 Å². The number of urea groups is 1. The fourth-order valence-electron chi connectivity index (χ4n) is 2.33. The maximum atomic E-state index is 11.3. The molecule has 3 aliphatic rings. The van der Waals surface area contributed by atoms with Crippen LogP contribution in [0.5, 0.6) is 0 Å². The van der Waals surface area contributed by atoms with Crippen molar-refractivity contribution in [2.45, 2.75) is 30.6 Å². The Kier molecular flexibility index (Phi) is 4.02. The van der Waals surface area contributed by atoms with E-state index >= 15 is 0 Å². The monoisotopic (exact) mass is 301 g/mol. The van der Waals surface area contributed by atoms with E-state index in [-0.39, 0.29) is 17.1 Å². The number of carbonyl (C=O) groups is 1. The van der Waals surface area contributed by atoms with E-state index in [9.17, 15) is 15.0 Å². The highest BCUT2D eigenvalue weighted by Crippen LogP contribution is 2.27. The van der Waals surface area contributed by atoms with Crippen LogP contribution in [-0.4, -0.2) is 86.9 Å². The molecule has 0 aromatic carbocycles. The lowest BCUT2D eigenvalue weighted by molar-refractivity contribution is -0.0509. The van der Waals surface area contributed by atoms with Gasteiger partial charge in [0.15, 0.2) is 18.1 Å². The van der Waals surface area contributed by atoms with Crippen LogP contribution < -0.4 is 5.73 Å². The highest BCUT2D eigenvalue weighted by atomic mass is 16.6. The minimum Gasteiger partial charge on any atom is -0.412 e. The molecule has 0 radical (unpaired) electrons. The molecular weight excluding hydrogens is 286 g/mol. The number of amides is 2. The van der Waals surface area contributed by atoms with E-state index in [4.69, 9.17) is 15.6 Å². The van der Waals surface area contributed by atoms with E-state index in [1.54, 1.807) is 0 Å². The third-order valence-electron chi connectivity index (χ3n) is 3.36. The number of aliphatic hydroxyl groups excluding tert-OH is 3. The van der Waals surface area contributed by atoms with Crippen LogP contribution in [0.2, 0.25) is 0 Å². The molecule has 1 unspecified atom stereocenters. The molecule has 0 aliphatic carbocycles. The van der Waals surface area contributed by atoms with Gasteiger partial charge in [-0.1, -0.05) is 0 Å². The Balaban J connectivity index is 0.00000161. The highest BCUT2D eigenvalue weighted by molar-refractivity contribution is 6.22. The molecular formula is C10H15N5O6. The molecule has 2 amide bonds. The number of rotatable bonds is 2. The SMILES string of the molecule is NC1=NC(=O)N=C2C1N=CN2[C@@H]1O[C@H](CO)[C@@H](O)[C@H]1O.O. The Bertz CT molecular complexity index is 534. The van der Waals surface area contributed by atoms with Gasteiger partial charge in [-0.25, -0.2) is 4.79 Å². The van der Waals surface area contributed by atoms with Crippen LogP contribution in [0.4, 0.5) is 4.79 Å². The lowest BCUT2D eigenvalue weighted by atomic mass is 10.1. The highest BCUT2D eigenvalue weighted by Gasteiger charge is 2.48. The summed E-state index contributed by atoms with van der Waals surface area (Å²) in [6.07, 6.45) is -3.15. The number of hydrogen-bond acceptors (Lipinski definition) is 8. The number of ether oxygens (including phenoxy) is 1. The Hall–Kier alpha value is -1.92. The number of hydrogen-bond donors (Lipinski definition) is 4. The summed E-state index contributed by atoms with van der Waals surface area (Å²) in [6, 6.07) is -1.47. The summed E-state index contributed by atoms with van der Waals surface area (Å²) in [6.45, 7) is -0.446. The average Bonchev–Trinajstić information content (AvgIpc) is 2.93. The van der Waals surface area contributed by atoms with Gasteiger partial charge in [-0.05, 0) is 0 Å². The first-order valence-corrected chi connectivity index (χ1v) is 5.93. The van der Waals surface area contributed by atoms with E-state index in [0.717, 1.165) is 0 Å². The summed E-state index contributed by atoms with van der Waals surface area (Å²) in [5.41, 5.74) is 5.60. The van der Waals surface area contributed by atoms with Crippen LogP contribution in [0, 0.1) is 0 Å². The van der Waals surface area contributed by atoms with Crippen LogP contribution in [-0.2, 0) is 4.74 Å². The molecule has 3 heterocycles. The fraction of sp³-hybridized carbons (Fsp3) is 0.600. The average molecular weight is 301 g/mol. The molecule has 3 rings (SSSR count). The Morgan fingerprint density at radius 2 is 2.05 bits per heavy atom. The second kappa shape index (κ2) is 5.46. The van der Waals surface area contributed by atoms with Crippen molar-refractivity contribution in [1.29, 1.82) is 0 Å². The first-order valence-electron chi connectivity index (χ1n) is 5.93. The summed E-state index contributed by atoms with van der Waals surface area (Å²) in [7, 11) is 0. The summed E-state index contributed by atoms with van der Waals surface area (Å²) >= 11 is 0. The maximum absolute atomic E-state index is 11.3. The van der Waals surface area contributed by atoms with Crippen LogP contribution in [0.3, 0.4) is 0 Å². The van der Waals surface area contributed by atoms with E-state index in [0.29, 0.717) is 0 Å². The van der Waals surface area contributed by atoms with Gasteiger partial charge in [0.25, 0.3) is 0 Å². The number of fused-ring (bicyclic) bond motifs is 1. The zero-order valence-electron chi connectivity index (χ0n) is 10.7. The summed E-state index contributed by atoms with van der Waals surface area (Å²) in [4.78, 5) is 23.9. The zero-order valence-corrected chi connectivity index (χ0v) is 10.7. The quantitative estimate of drug-likeness (QED) is 0.402. The van der Waals surface area contributed by atoms with Crippen LogP contribution in [0.15, 0.2) is 15.0 Å². The van der Waals surface area contributed by atoms with Crippen molar-refractivity contribution in [1.82, 2.24) is 4.90 Å². The van der Waals surface area contributed by atoms with Crippen molar-refractivity contribution in [3.63, 3.8) is 0 Å². The number of aliphatic hydroxyl groups is 3. The third-order valence-corrected chi connectivity index (χ3v) is 3.36. The molecule has 3 aliphatic heterocycles. The third kappa shape index (κ3) is 2.30. The van der Waals surface area contributed by atoms with Gasteiger partial charge in [-0.3, -0.25) is 9.89 Å². The van der Waals surface area contributed by atoms with Crippen molar-refractivity contribution in [2.75, 3.05) is 6.61 Å². The lowest BCUT2D eigenvalue weighted by Gasteiger charge is -2.27. The van der Waals surface area contributed by atoms with Crippen LogP contribution in [0.25, 0.3) is 0 Å². The molecule has 5 atom stereocenters. The van der Waals surface area contributed by atoms with Crippen LogP contribution >= 0.6 is 0 Å². The van der Waals surface area contributed by atoms with Crippen LogP contribution in [0.1, 0.15) is 0 Å². The van der Waals surface area contributed by atoms with Crippen molar-refractivity contribution >= 4 is 24.0 Å². The predicted molar refractivity (Wildman–Crippen MR) is 69.9 cm³/mol. The summed E-state index contributed by atoms with van der Waals surface area (Å²) < 4.78 is 5.35. The lowest BCUT2D eigenvalue weighted by Crippen LogP contribution is -2.50. The summed E-state index contributed by atoms with van der Waals surface area (Å²) in [5, 5.41) is 28.7.